The molecule has 2 heteroatoms. The van der Waals surface area contributed by atoms with E-state index in [1.807, 2.05) is 6.07 Å². The van der Waals surface area contributed by atoms with Crippen LogP contribution < -0.4 is 4.90 Å². The highest BCUT2D eigenvalue weighted by Gasteiger charge is 2.25. The fourth-order valence-corrected chi connectivity index (χ4v) is 7.50. The van der Waals surface area contributed by atoms with Gasteiger partial charge in [-0.05, 0) is 128 Å². The summed E-state index contributed by atoms with van der Waals surface area (Å²) in [5.41, 5.74) is 14.0. The van der Waals surface area contributed by atoms with E-state index in [-0.39, 0.29) is 0 Å². The van der Waals surface area contributed by atoms with Gasteiger partial charge in [-0.3, -0.25) is 0 Å². The van der Waals surface area contributed by atoms with Crippen LogP contribution in [0.25, 0.3) is 76.9 Å². The highest BCUT2D eigenvalue weighted by atomic mass is 16.3. The van der Waals surface area contributed by atoms with Crippen LogP contribution in [0.3, 0.4) is 0 Å². The molecule has 0 fully saturated rings. The quantitative estimate of drug-likeness (QED) is 0.200. The van der Waals surface area contributed by atoms with Crippen molar-refractivity contribution in [2.45, 2.75) is 6.92 Å². The minimum Gasteiger partial charge on any atom is -0.454 e. The van der Waals surface area contributed by atoms with E-state index < -0.39 is 0 Å². The van der Waals surface area contributed by atoms with Crippen molar-refractivity contribution in [2.75, 3.05) is 4.90 Å². The van der Waals surface area contributed by atoms with E-state index in [1.54, 1.807) is 0 Å². The Morgan fingerprint density at radius 3 is 1.79 bits per heavy atom. The Morgan fingerprint density at radius 2 is 1.04 bits per heavy atom. The van der Waals surface area contributed by atoms with Crippen LogP contribution in [0.1, 0.15) is 5.56 Å². The molecule has 2 nitrogen and oxygen atoms in total. The molecule has 0 amide bonds. The summed E-state index contributed by atoms with van der Waals surface area (Å²) in [5, 5.41) is 7.28. The Kier molecular flexibility index (Phi) is 5.53. The maximum atomic E-state index is 6.58. The van der Waals surface area contributed by atoms with Crippen molar-refractivity contribution in [1.82, 2.24) is 0 Å². The Hall–Kier alpha value is -6.12. The zero-order valence-corrected chi connectivity index (χ0v) is 25.9. The first-order valence-electron chi connectivity index (χ1n) is 16.2. The lowest BCUT2D eigenvalue weighted by atomic mass is 9.77. The fraction of sp³-hybridized carbons (Fsp3) is 0.0222. The number of nitrogens with zero attached hydrogens (tertiary/aromatic N) is 1. The van der Waals surface area contributed by atoms with Crippen LogP contribution in [0.5, 0.6) is 0 Å². The molecule has 0 saturated carbocycles. The van der Waals surface area contributed by atoms with Gasteiger partial charge in [-0.1, -0.05) is 97.1 Å². The Bertz CT molecular complexity index is 2690. The summed E-state index contributed by atoms with van der Waals surface area (Å²) in [4.78, 5) is 2.35. The highest BCUT2D eigenvalue weighted by molar-refractivity contribution is 6.14. The van der Waals surface area contributed by atoms with E-state index in [0.29, 0.717) is 0 Å². The van der Waals surface area contributed by atoms with Gasteiger partial charge in [0.05, 0.1) is 5.69 Å². The molecular weight excluding hydrogens is 571 g/mol. The van der Waals surface area contributed by atoms with Crippen LogP contribution in [-0.4, -0.2) is 0 Å². The van der Waals surface area contributed by atoms with Crippen LogP contribution in [0.2, 0.25) is 0 Å². The topological polar surface area (TPSA) is 16.4 Å². The summed E-state index contributed by atoms with van der Waals surface area (Å²) in [7, 11) is 0. The summed E-state index contributed by atoms with van der Waals surface area (Å²) < 4.78 is 6.58. The van der Waals surface area contributed by atoms with Gasteiger partial charge in [-0.2, -0.15) is 0 Å². The molecule has 1 heterocycles. The van der Waals surface area contributed by atoms with E-state index in [4.69, 9.17) is 4.42 Å². The average molecular weight is 600 g/mol. The van der Waals surface area contributed by atoms with Gasteiger partial charge in [0.2, 0.25) is 0 Å². The van der Waals surface area contributed by atoms with Crippen molar-refractivity contribution in [3.63, 3.8) is 0 Å². The second-order valence-electron chi connectivity index (χ2n) is 12.6. The number of para-hydroxylation sites is 2. The molecule has 0 saturated heterocycles. The Balaban J connectivity index is 1.12. The SMILES string of the molecule is Cc1ccc2c(oc3ccccc32)c1N(c1ccccc1)c1ccc2cc3c(cc2c1)-c1cc2ccc(-c4ccccc4)cc2cc1-3. The molecule has 9 aromatic rings. The molecule has 0 atom stereocenters. The molecule has 220 valence electrons. The molecule has 0 aliphatic heterocycles. The van der Waals surface area contributed by atoms with Crippen LogP contribution in [0.4, 0.5) is 17.1 Å². The number of hydrogen-bond acceptors (Lipinski definition) is 2. The molecule has 8 aromatic carbocycles. The molecule has 10 rings (SSSR count). The van der Waals surface area contributed by atoms with Crippen molar-refractivity contribution in [1.29, 1.82) is 0 Å². The molecule has 0 radical (unpaired) electrons. The normalized spacial score (nSPS) is 11.9. The summed E-state index contributed by atoms with van der Waals surface area (Å²) in [6, 6.07) is 57.1. The number of rotatable bonds is 4. The molecule has 1 aliphatic rings. The molecular formula is C45H29NO. The van der Waals surface area contributed by atoms with Gasteiger partial charge in [-0.15, -0.1) is 0 Å². The summed E-state index contributed by atoms with van der Waals surface area (Å²) in [6.45, 7) is 2.17. The number of anilines is 3. The molecule has 47 heavy (non-hydrogen) atoms. The summed E-state index contributed by atoms with van der Waals surface area (Å²) >= 11 is 0. The van der Waals surface area contributed by atoms with Crippen LogP contribution in [0, 0.1) is 6.92 Å². The van der Waals surface area contributed by atoms with Crippen molar-refractivity contribution in [3.8, 4) is 33.4 Å². The van der Waals surface area contributed by atoms with Gasteiger partial charge in [0.25, 0.3) is 0 Å². The predicted octanol–water partition coefficient (Wildman–Crippen LogP) is 13.0. The smallest absolute Gasteiger partial charge is 0.159 e. The van der Waals surface area contributed by atoms with E-state index >= 15 is 0 Å². The second-order valence-corrected chi connectivity index (χ2v) is 12.6. The number of fused-ring (bicyclic) bond motifs is 9. The van der Waals surface area contributed by atoms with Crippen molar-refractivity contribution in [3.05, 3.63) is 163 Å². The number of benzene rings is 8. The zero-order chi connectivity index (χ0) is 31.1. The molecule has 1 aliphatic carbocycles. The lowest BCUT2D eigenvalue weighted by Crippen LogP contribution is -2.11. The molecule has 1 aromatic heterocycles. The van der Waals surface area contributed by atoms with E-state index in [0.717, 1.165) is 44.6 Å². The minimum absolute atomic E-state index is 0.905. The first kappa shape index (κ1) is 26.1. The third-order valence-electron chi connectivity index (χ3n) is 9.84. The number of aryl methyl sites for hydroxylation is 1. The van der Waals surface area contributed by atoms with E-state index in [2.05, 4.69) is 163 Å². The first-order chi connectivity index (χ1) is 23.2. The standard InChI is InChI=1S/C45H29NO/c1-28-16-21-38-37-14-8-9-15-43(37)47-45(38)44(28)46(35-12-6-3-7-13-35)36-20-19-32-25-40-41-26-33-22-30(29-10-4-2-5-11-29)17-18-31(33)24-39(41)42(40)27-34(32)23-36/h2-27H,1H3. The van der Waals surface area contributed by atoms with Crippen LogP contribution in [-0.2, 0) is 0 Å². The lowest BCUT2D eigenvalue weighted by Gasteiger charge is -2.28. The van der Waals surface area contributed by atoms with Crippen molar-refractivity contribution in [2.24, 2.45) is 0 Å². The van der Waals surface area contributed by atoms with Gasteiger partial charge in [0.15, 0.2) is 5.58 Å². The zero-order valence-electron chi connectivity index (χ0n) is 25.9. The van der Waals surface area contributed by atoms with Crippen molar-refractivity contribution < 1.29 is 4.42 Å². The maximum absolute atomic E-state index is 6.58. The molecule has 0 bridgehead atoms. The summed E-state index contributed by atoms with van der Waals surface area (Å²) in [5.74, 6) is 0. The van der Waals surface area contributed by atoms with Gasteiger partial charge in [0.1, 0.15) is 5.58 Å². The molecule has 0 spiro atoms. The monoisotopic (exact) mass is 599 g/mol. The maximum Gasteiger partial charge on any atom is 0.159 e. The minimum atomic E-state index is 0.905. The van der Waals surface area contributed by atoms with Gasteiger partial charge in [-0.25, -0.2) is 0 Å². The fourth-order valence-electron chi connectivity index (χ4n) is 7.50. The highest BCUT2D eigenvalue weighted by Crippen LogP contribution is 2.51. The summed E-state index contributed by atoms with van der Waals surface area (Å²) in [6.07, 6.45) is 0. The van der Waals surface area contributed by atoms with E-state index in [1.165, 1.54) is 54.9 Å². The Morgan fingerprint density at radius 1 is 0.426 bits per heavy atom. The van der Waals surface area contributed by atoms with Crippen LogP contribution in [0.15, 0.2) is 162 Å². The molecule has 0 unspecified atom stereocenters. The van der Waals surface area contributed by atoms with Crippen LogP contribution >= 0.6 is 0 Å². The van der Waals surface area contributed by atoms with Gasteiger partial charge in [0, 0.05) is 22.1 Å². The first-order valence-corrected chi connectivity index (χ1v) is 16.2. The predicted molar refractivity (Wildman–Crippen MR) is 198 cm³/mol. The number of furan rings is 1. The second kappa shape index (κ2) is 9.94. The third-order valence-corrected chi connectivity index (χ3v) is 9.84. The van der Waals surface area contributed by atoms with Gasteiger partial charge >= 0.3 is 0 Å². The van der Waals surface area contributed by atoms with E-state index in [9.17, 15) is 0 Å². The van der Waals surface area contributed by atoms with Gasteiger partial charge < -0.3 is 9.32 Å². The Labute approximate surface area is 272 Å². The third kappa shape index (κ3) is 3.98. The number of hydrogen-bond donors (Lipinski definition) is 0. The average Bonchev–Trinajstić information content (AvgIpc) is 3.50. The lowest BCUT2D eigenvalue weighted by molar-refractivity contribution is 0.668. The molecule has 0 N–H and O–H groups in total. The largest absolute Gasteiger partial charge is 0.454 e. The van der Waals surface area contributed by atoms with Crippen molar-refractivity contribution >= 4 is 60.5 Å².